The maximum Gasteiger partial charge on any atom is 0.432 e. The zero-order valence-corrected chi connectivity index (χ0v) is 13.9. The number of rotatable bonds is 8. The molecule has 1 aromatic rings. The molecule has 0 radical (unpaired) electrons. The predicted octanol–water partition coefficient (Wildman–Crippen LogP) is 4.04. The van der Waals surface area contributed by atoms with Crippen LogP contribution in [0.5, 0.6) is 0 Å². The third kappa shape index (κ3) is 4.51. The van der Waals surface area contributed by atoms with E-state index in [2.05, 4.69) is 16.9 Å². The maximum absolute atomic E-state index is 12.4. The number of hydrogen-bond donors (Lipinski definition) is 1. The summed E-state index contributed by atoms with van der Waals surface area (Å²) in [6.45, 7) is 9.25. The van der Waals surface area contributed by atoms with Gasteiger partial charge in [0, 0.05) is 25.0 Å². The molecule has 0 unspecified atom stereocenters. The average Bonchev–Trinajstić information content (AvgIpc) is 2.40. The van der Waals surface area contributed by atoms with Gasteiger partial charge < -0.3 is 4.90 Å². The molecule has 0 heterocycles. The van der Waals surface area contributed by atoms with Gasteiger partial charge in [0.05, 0.1) is 13.2 Å². The third-order valence-corrected chi connectivity index (χ3v) is 4.69. The maximum atomic E-state index is 12.4. The van der Waals surface area contributed by atoms with Gasteiger partial charge in [-0.25, -0.2) is 4.57 Å². The summed E-state index contributed by atoms with van der Waals surface area (Å²) in [5, 5.41) is 2.90. The molecule has 20 heavy (non-hydrogen) atoms. The molecule has 5 nitrogen and oxygen atoms in total. The molecule has 0 saturated heterocycles. The van der Waals surface area contributed by atoms with E-state index >= 15 is 0 Å². The van der Waals surface area contributed by atoms with Crippen LogP contribution < -0.4 is 9.99 Å². The second-order valence-corrected chi connectivity index (χ2v) is 6.19. The molecule has 0 aliphatic heterocycles. The van der Waals surface area contributed by atoms with Crippen LogP contribution in [0.15, 0.2) is 18.2 Å². The molecule has 0 bridgehead atoms. The van der Waals surface area contributed by atoms with Gasteiger partial charge in [-0.3, -0.25) is 14.1 Å². The van der Waals surface area contributed by atoms with Gasteiger partial charge in [-0.1, -0.05) is 0 Å². The lowest BCUT2D eigenvalue weighted by molar-refractivity contribution is 0.225. The molecule has 1 rings (SSSR count). The van der Waals surface area contributed by atoms with Crippen molar-refractivity contribution >= 4 is 19.1 Å². The molecule has 0 spiro atoms. The molecular weight excluding hydrogens is 275 g/mol. The second-order valence-electron chi connectivity index (χ2n) is 4.46. The lowest BCUT2D eigenvalue weighted by atomic mass is 10.2. The van der Waals surface area contributed by atoms with E-state index in [9.17, 15) is 4.57 Å². The Hall–Kier alpha value is -1.03. The number of nitrogens with zero attached hydrogens (tertiary/aromatic N) is 1. The van der Waals surface area contributed by atoms with E-state index in [1.54, 1.807) is 13.8 Å². The van der Waals surface area contributed by atoms with Crippen LogP contribution in [-0.2, 0) is 13.6 Å². The first-order valence-corrected chi connectivity index (χ1v) is 8.49. The van der Waals surface area contributed by atoms with Crippen LogP contribution in [0, 0.1) is 6.92 Å². The first-order chi connectivity index (χ1) is 9.45. The summed E-state index contributed by atoms with van der Waals surface area (Å²) in [6.07, 6.45) is 0. The van der Waals surface area contributed by atoms with E-state index in [-0.39, 0.29) is 0 Å². The quantitative estimate of drug-likeness (QED) is 0.734. The standard InChI is InChI=1S/C14H25N2O3P/c1-6-16(5)13-9-10-14(12(4)11-13)15-20(17,18-7-2)19-8-3/h9-11H,6-8H2,1-5H3,(H,15,17). The fourth-order valence-electron chi connectivity index (χ4n) is 1.78. The average molecular weight is 300 g/mol. The predicted molar refractivity (Wildman–Crippen MR) is 84.6 cm³/mol. The van der Waals surface area contributed by atoms with E-state index in [1.807, 2.05) is 32.2 Å². The molecule has 0 amide bonds. The van der Waals surface area contributed by atoms with Crippen molar-refractivity contribution < 1.29 is 13.6 Å². The molecule has 6 heteroatoms. The van der Waals surface area contributed by atoms with Gasteiger partial charge in [-0.05, 0) is 51.5 Å². The monoisotopic (exact) mass is 300 g/mol. The van der Waals surface area contributed by atoms with E-state index < -0.39 is 7.75 Å². The summed E-state index contributed by atoms with van der Waals surface area (Å²) in [6, 6.07) is 5.94. The lowest BCUT2D eigenvalue weighted by Gasteiger charge is -2.22. The lowest BCUT2D eigenvalue weighted by Crippen LogP contribution is -2.16. The van der Waals surface area contributed by atoms with Crippen LogP contribution in [0.4, 0.5) is 11.4 Å². The van der Waals surface area contributed by atoms with Crippen LogP contribution in [0.3, 0.4) is 0 Å². The number of aryl methyl sites for hydroxylation is 1. The Labute approximate surface area is 121 Å². The van der Waals surface area contributed by atoms with Crippen LogP contribution in [0.2, 0.25) is 0 Å². The summed E-state index contributed by atoms with van der Waals surface area (Å²) < 4.78 is 22.9. The molecule has 0 atom stereocenters. The van der Waals surface area contributed by atoms with Crippen molar-refractivity contribution in [1.29, 1.82) is 0 Å². The highest BCUT2D eigenvalue weighted by molar-refractivity contribution is 7.55. The zero-order chi connectivity index (χ0) is 15.2. The smallest absolute Gasteiger partial charge is 0.375 e. The van der Waals surface area contributed by atoms with Gasteiger partial charge >= 0.3 is 7.75 Å². The highest BCUT2D eigenvalue weighted by atomic mass is 31.2. The molecule has 0 saturated carbocycles. The van der Waals surface area contributed by atoms with Crippen molar-refractivity contribution in [2.75, 3.05) is 36.8 Å². The van der Waals surface area contributed by atoms with Gasteiger partial charge in [-0.2, -0.15) is 0 Å². The van der Waals surface area contributed by atoms with E-state index in [1.165, 1.54) is 0 Å². The van der Waals surface area contributed by atoms with E-state index in [0.29, 0.717) is 13.2 Å². The Morgan fingerprint density at radius 2 is 1.80 bits per heavy atom. The Bertz CT molecular complexity index is 469. The zero-order valence-electron chi connectivity index (χ0n) is 13.0. The minimum atomic E-state index is -3.28. The molecule has 114 valence electrons. The molecule has 0 fully saturated rings. The third-order valence-electron chi connectivity index (χ3n) is 2.98. The Balaban J connectivity index is 2.94. The van der Waals surface area contributed by atoms with Crippen molar-refractivity contribution in [3.8, 4) is 0 Å². The Morgan fingerprint density at radius 1 is 1.20 bits per heavy atom. The fourth-order valence-corrected chi connectivity index (χ4v) is 3.21. The topological polar surface area (TPSA) is 50.8 Å². The van der Waals surface area contributed by atoms with Gasteiger partial charge in [0.1, 0.15) is 0 Å². The highest BCUT2D eigenvalue weighted by Gasteiger charge is 2.24. The van der Waals surface area contributed by atoms with Crippen LogP contribution in [0.25, 0.3) is 0 Å². The summed E-state index contributed by atoms with van der Waals surface area (Å²) >= 11 is 0. The number of benzene rings is 1. The second kappa shape index (κ2) is 7.67. The minimum absolute atomic E-state index is 0.333. The minimum Gasteiger partial charge on any atom is -0.375 e. The molecule has 0 aliphatic carbocycles. The van der Waals surface area contributed by atoms with Gasteiger partial charge in [0.25, 0.3) is 0 Å². The van der Waals surface area contributed by atoms with Crippen molar-refractivity contribution in [3.63, 3.8) is 0 Å². The first-order valence-electron chi connectivity index (χ1n) is 6.95. The molecular formula is C14H25N2O3P. The summed E-state index contributed by atoms with van der Waals surface area (Å²) in [7, 11) is -1.24. The van der Waals surface area contributed by atoms with Gasteiger partial charge in [-0.15, -0.1) is 0 Å². The number of nitrogens with one attached hydrogen (secondary N) is 1. The first kappa shape index (κ1) is 17.0. The van der Waals surface area contributed by atoms with E-state index in [4.69, 9.17) is 9.05 Å². The fraction of sp³-hybridized carbons (Fsp3) is 0.571. The van der Waals surface area contributed by atoms with Crippen molar-refractivity contribution in [2.24, 2.45) is 0 Å². The van der Waals surface area contributed by atoms with E-state index in [0.717, 1.165) is 23.5 Å². The molecule has 1 N–H and O–H groups in total. The molecule has 0 aromatic heterocycles. The number of anilines is 2. The summed E-state index contributed by atoms with van der Waals surface area (Å²) in [5.74, 6) is 0. The summed E-state index contributed by atoms with van der Waals surface area (Å²) in [4.78, 5) is 2.14. The number of hydrogen-bond acceptors (Lipinski definition) is 4. The van der Waals surface area contributed by atoms with Gasteiger partial charge in [0.2, 0.25) is 0 Å². The van der Waals surface area contributed by atoms with Crippen molar-refractivity contribution in [1.82, 2.24) is 0 Å². The van der Waals surface area contributed by atoms with Crippen LogP contribution >= 0.6 is 7.75 Å². The van der Waals surface area contributed by atoms with Crippen molar-refractivity contribution in [3.05, 3.63) is 23.8 Å². The Kier molecular flexibility index (Phi) is 6.53. The summed E-state index contributed by atoms with van der Waals surface area (Å²) in [5.41, 5.74) is 2.89. The molecule has 1 aromatic carbocycles. The SMILES string of the molecule is CCOP(=O)(Nc1ccc(N(C)CC)cc1C)OCC. The van der Waals surface area contributed by atoms with Gasteiger partial charge in [0.15, 0.2) is 0 Å². The highest BCUT2D eigenvalue weighted by Crippen LogP contribution is 2.48. The largest absolute Gasteiger partial charge is 0.432 e. The normalized spacial score (nSPS) is 11.4. The van der Waals surface area contributed by atoms with Crippen LogP contribution in [0.1, 0.15) is 26.3 Å². The molecule has 0 aliphatic rings. The van der Waals surface area contributed by atoms with Crippen molar-refractivity contribution in [2.45, 2.75) is 27.7 Å². The van der Waals surface area contributed by atoms with Crippen LogP contribution in [-0.4, -0.2) is 26.8 Å². The Morgan fingerprint density at radius 3 is 2.25 bits per heavy atom.